The highest BCUT2D eigenvalue weighted by atomic mass is 19.2. The molecule has 2 amide bonds. The molecule has 164 valence electrons. The summed E-state index contributed by atoms with van der Waals surface area (Å²) in [5.74, 6) is -4.03. The van der Waals surface area contributed by atoms with Crippen molar-refractivity contribution in [1.82, 2.24) is 4.90 Å². The fourth-order valence-electron chi connectivity index (χ4n) is 1.91. The van der Waals surface area contributed by atoms with Crippen LogP contribution < -0.4 is 0 Å². The summed E-state index contributed by atoms with van der Waals surface area (Å²) >= 11 is 0. The summed E-state index contributed by atoms with van der Waals surface area (Å²) < 4.78 is 43.0. The van der Waals surface area contributed by atoms with Crippen molar-refractivity contribution >= 4 is 18.2 Å². The van der Waals surface area contributed by atoms with E-state index in [4.69, 9.17) is 20.8 Å². The quantitative estimate of drug-likeness (QED) is 0.357. The van der Waals surface area contributed by atoms with E-state index >= 15 is 0 Å². The molecule has 0 N–H and O–H groups in total. The fourth-order valence-corrected chi connectivity index (χ4v) is 1.91. The molecular weight excluding hydrogens is 390 g/mol. The second-order valence-electron chi connectivity index (χ2n) is 7.93. The van der Waals surface area contributed by atoms with Crippen LogP contribution in [-0.4, -0.2) is 53.5 Å². The minimum absolute atomic E-state index is 0.137. The number of carbonyl (C=O) groups is 3. The number of halogens is 2. The van der Waals surface area contributed by atoms with E-state index in [2.05, 4.69) is 4.85 Å². The molecular formula is C19H28F2N2O6. The van der Waals surface area contributed by atoms with Crippen LogP contribution in [0.5, 0.6) is 0 Å². The molecule has 1 unspecified atom stereocenters. The normalized spacial score (nSPS) is 13.5. The van der Waals surface area contributed by atoms with Crippen molar-refractivity contribution in [1.29, 1.82) is 0 Å². The molecule has 0 spiro atoms. The molecule has 0 saturated carbocycles. The van der Waals surface area contributed by atoms with Crippen LogP contribution in [0.3, 0.4) is 0 Å². The third-order valence-electron chi connectivity index (χ3n) is 2.94. The van der Waals surface area contributed by atoms with E-state index in [0.717, 1.165) is 0 Å². The number of esters is 1. The van der Waals surface area contributed by atoms with Gasteiger partial charge in [0.25, 0.3) is 6.54 Å². The molecule has 0 aliphatic rings. The molecule has 0 aliphatic carbocycles. The van der Waals surface area contributed by atoms with Crippen LogP contribution in [0, 0.1) is 6.57 Å². The van der Waals surface area contributed by atoms with Crippen LogP contribution in [0.1, 0.15) is 54.9 Å². The van der Waals surface area contributed by atoms with Crippen LogP contribution in [-0.2, 0) is 19.0 Å². The summed E-state index contributed by atoms with van der Waals surface area (Å²) in [7, 11) is 0. The van der Waals surface area contributed by atoms with E-state index in [-0.39, 0.29) is 11.5 Å². The van der Waals surface area contributed by atoms with E-state index in [9.17, 15) is 23.2 Å². The minimum Gasteiger partial charge on any atom is -0.464 e. The Balaban J connectivity index is 6.21. The average Bonchev–Trinajstić information content (AvgIpc) is 2.50. The Morgan fingerprint density at radius 3 is 1.76 bits per heavy atom. The van der Waals surface area contributed by atoms with Gasteiger partial charge in [0.2, 0.25) is 5.83 Å². The van der Waals surface area contributed by atoms with Crippen molar-refractivity contribution in [2.24, 2.45) is 0 Å². The topological polar surface area (TPSA) is 86.5 Å². The Labute approximate surface area is 169 Å². The summed E-state index contributed by atoms with van der Waals surface area (Å²) in [4.78, 5) is 40.6. The molecule has 0 heterocycles. The number of nitrogens with zero attached hydrogens (tertiary/aromatic N) is 2. The number of hydrogen-bond acceptors (Lipinski definition) is 6. The van der Waals surface area contributed by atoms with Crippen LogP contribution in [0.4, 0.5) is 18.4 Å². The van der Waals surface area contributed by atoms with Crippen molar-refractivity contribution < 1.29 is 37.4 Å². The van der Waals surface area contributed by atoms with Gasteiger partial charge in [0, 0.05) is 6.42 Å². The number of carbonyl (C=O) groups excluding carboxylic acids is 3. The Bertz CT molecular complexity index is 658. The van der Waals surface area contributed by atoms with Gasteiger partial charge in [0.15, 0.2) is 6.04 Å². The summed E-state index contributed by atoms with van der Waals surface area (Å²) in [6.07, 6.45) is -3.61. The van der Waals surface area contributed by atoms with Crippen LogP contribution >= 0.6 is 0 Å². The molecule has 10 heteroatoms. The molecule has 0 rings (SSSR count). The molecule has 0 aliphatic heterocycles. The zero-order valence-corrected chi connectivity index (χ0v) is 17.8. The van der Waals surface area contributed by atoms with E-state index in [0.29, 0.717) is 0 Å². The van der Waals surface area contributed by atoms with Gasteiger partial charge in [-0.1, -0.05) is 0 Å². The lowest BCUT2D eigenvalue weighted by molar-refractivity contribution is -0.149. The standard InChI is InChI=1S/C19H28F2N2O6/c1-9-27-15(24)14(10-12(20)13(21)11-22-8)23(16(25)28-18(2,3)4)17(26)29-19(5,6)7/h14H,9-11H2,1-7H3. The maximum absolute atomic E-state index is 14.2. The Hall–Kier alpha value is -2.70. The zero-order chi connectivity index (χ0) is 23.0. The number of hydrogen-bond donors (Lipinski definition) is 0. The lowest BCUT2D eigenvalue weighted by Gasteiger charge is -2.32. The number of rotatable bonds is 6. The first kappa shape index (κ1) is 26.3. The van der Waals surface area contributed by atoms with E-state index in [1.54, 1.807) is 0 Å². The predicted molar refractivity (Wildman–Crippen MR) is 100 cm³/mol. The van der Waals surface area contributed by atoms with Gasteiger partial charge in [0.1, 0.15) is 17.0 Å². The van der Waals surface area contributed by atoms with Gasteiger partial charge in [-0.3, -0.25) is 0 Å². The van der Waals surface area contributed by atoms with Crippen molar-refractivity contribution in [2.75, 3.05) is 13.2 Å². The second kappa shape index (κ2) is 10.7. The highest BCUT2D eigenvalue weighted by molar-refractivity contribution is 5.94. The average molecular weight is 418 g/mol. The van der Waals surface area contributed by atoms with Gasteiger partial charge in [0.05, 0.1) is 6.61 Å². The minimum atomic E-state index is -1.89. The SMILES string of the molecule is [C-]#[N+]CC(F)=C(F)CC(C(=O)OCC)N(C(=O)OC(C)(C)C)C(=O)OC(C)(C)C. The van der Waals surface area contributed by atoms with Gasteiger partial charge in [-0.2, -0.15) is 4.90 Å². The first-order chi connectivity index (χ1) is 13.1. The fraction of sp³-hybridized carbons (Fsp3) is 0.684. The molecule has 0 aromatic carbocycles. The lowest BCUT2D eigenvalue weighted by Crippen LogP contribution is -2.52. The van der Waals surface area contributed by atoms with Gasteiger partial charge in [-0.15, -0.1) is 0 Å². The van der Waals surface area contributed by atoms with Crippen LogP contribution in [0.15, 0.2) is 11.7 Å². The number of imide groups is 1. The monoisotopic (exact) mass is 418 g/mol. The van der Waals surface area contributed by atoms with Gasteiger partial charge < -0.3 is 19.1 Å². The van der Waals surface area contributed by atoms with Gasteiger partial charge in [-0.05, 0) is 48.5 Å². The molecule has 0 aromatic rings. The van der Waals surface area contributed by atoms with Crippen LogP contribution in [0.25, 0.3) is 4.85 Å². The number of ether oxygens (including phenoxy) is 3. The van der Waals surface area contributed by atoms with E-state index in [1.807, 2.05) is 0 Å². The van der Waals surface area contributed by atoms with Gasteiger partial charge >= 0.3 is 18.2 Å². The molecule has 0 fully saturated rings. The molecule has 0 saturated heterocycles. The smallest absolute Gasteiger partial charge is 0.420 e. The lowest BCUT2D eigenvalue weighted by atomic mass is 10.1. The maximum atomic E-state index is 14.2. The first-order valence-corrected chi connectivity index (χ1v) is 8.91. The summed E-state index contributed by atoms with van der Waals surface area (Å²) in [6, 6.07) is -1.89. The first-order valence-electron chi connectivity index (χ1n) is 8.91. The maximum Gasteiger partial charge on any atom is 0.420 e. The second-order valence-corrected chi connectivity index (χ2v) is 7.93. The van der Waals surface area contributed by atoms with Crippen molar-refractivity contribution in [3.05, 3.63) is 23.1 Å². The highest BCUT2D eigenvalue weighted by Crippen LogP contribution is 2.23. The Morgan fingerprint density at radius 1 is 0.966 bits per heavy atom. The molecule has 8 nitrogen and oxygen atoms in total. The Morgan fingerprint density at radius 2 is 1.41 bits per heavy atom. The van der Waals surface area contributed by atoms with Crippen molar-refractivity contribution in [3.63, 3.8) is 0 Å². The zero-order valence-electron chi connectivity index (χ0n) is 17.8. The largest absolute Gasteiger partial charge is 0.464 e. The molecule has 29 heavy (non-hydrogen) atoms. The highest BCUT2D eigenvalue weighted by Gasteiger charge is 2.42. The third kappa shape index (κ3) is 9.87. The van der Waals surface area contributed by atoms with Crippen LogP contribution in [0.2, 0.25) is 0 Å². The van der Waals surface area contributed by atoms with Gasteiger partial charge in [-0.25, -0.2) is 29.7 Å². The molecule has 0 aromatic heterocycles. The molecule has 0 bridgehead atoms. The summed E-state index contributed by atoms with van der Waals surface area (Å²) in [5, 5.41) is 0. The number of amides is 2. The third-order valence-corrected chi connectivity index (χ3v) is 2.94. The van der Waals surface area contributed by atoms with Crippen molar-refractivity contribution in [2.45, 2.75) is 72.1 Å². The van der Waals surface area contributed by atoms with Crippen molar-refractivity contribution in [3.8, 4) is 0 Å². The van der Waals surface area contributed by atoms with E-state index < -0.39 is 60.0 Å². The van der Waals surface area contributed by atoms with E-state index in [1.165, 1.54) is 48.5 Å². The summed E-state index contributed by atoms with van der Waals surface area (Å²) in [5.41, 5.74) is -2.11. The summed E-state index contributed by atoms with van der Waals surface area (Å²) in [6.45, 7) is 16.2. The predicted octanol–water partition coefficient (Wildman–Crippen LogP) is 4.55. The Kier molecular flexibility index (Phi) is 9.74. The molecule has 1 atom stereocenters. The molecule has 0 radical (unpaired) electrons.